The summed E-state index contributed by atoms with van der Waals surface area (Å²) in [4.78, 5) is 4.13. The van der Waals surface area contributed by atoms with E-state index in [-0.39, 0.29) is 18.0 Å². The number of benzene rings is 1. The van der Waals surface area contributed by atoms with Crippen LogP contribution in [-0.2, 0) is 0 Å². The number of ether oxygens (including phenoxy) is 1. The molecule has 106 valence electrons. The van der Waals surface area contributed by atoms with Crippen LogP contribution in [0.1, 0.15) is 31.0 Å². The van der Waals surface area contributed by atoms with Gasteiger partial charge in [-0.25, -0.2) is 4.39 Å². The number of aromatic nitrogens is 1. The summed E-state index contributed by atoms with van der Waals surface area (Å²) in [5, 5.41) is 0. The van der Waals surface area contributed by atoms with Crippen molar-refractivity contribution in [1.82, 2.24) is 4.98 Å². The number of pyridine rings is 1. The molecule has 2 aromatic rings. The molecule has 1 heterocycles. The molecule has 20 heavy (non-hydrogen) atoms. The molecule has 0 bridgehead atoms. The van der Waals surface area contributed by atoms with Crippen molar-refractivity contribution in [3.63, 3.8) is 0 Å². The van der Waals surface area contributed by atoms with Crippen molar-refractivity contribution in [3.05, 3.63) is 58.1 Å². The Morgan fingerprint density at radius 3 is 2.60 bits per heavy atom. The van der Waals surface area contributed by atoms with Crippen molar-refractivity contribution in [3.8, 4) is 5.75 Å². The van der Waals surface area contributed by atoms with E-state index >= 15 is 0 Å². The molecule has 0 amide bonds. The fraction of sp³-hybridized carbons (Fsp3) is 0.267. The van der Waals surface area contributed by atoms with E-state index in [0.29, 0.717) is 10.2 Å². The van der Waals surface area contributed by atoms with Gasteiger partial charge in [-0.15, -0.1) is 0 Å². The monoisotopic (exact) mass is 338 g/mol. The highest BCUT2D eigenvalue weighted by Gasteiger charge is 2.12. The fourth-order valence-electron chi connectivity index (χ4n) is 1.84. The predicted molar refractivity (Wildman–Crippen MR) is 80.1 cm³/mol. The highest BCUT2D eigenvalue weighted by Crippen LogP contribution is 2.26. The van der Waals surface area contributed by atoms with Crippen molar-refractivity contribution in [2.75, 3.05) is 0 Å². The normalized spacial score (nSPS) is 12.5. The second-order valence-corrected chi connectivity index (χ2v) is 5.63. The number of nitrogens with two attached hydrogens (primary N) is 1. The minimum absolute atomic E-state index is 0.0724. The highest BCUT2D eigenvalue weighted by molar-refractivity contribution is 9.10. The van der Waals surface area contributed by atoms with Gasteiger partial charge in [0, 0.05) is 6.20 Å². The third kappa shape index (κ3) is 3.55. The van der Waals surface area contributed by atoms with Gasteiger partial charge in [0.25, 0.3) is 0 Å². The van der Waals surface area contributed by atoms with Gasteiger partial charge in [-0.3, -0.25) is 4.98 Å². The van der Waals surface area contributed by atoms with Gasteiger partial charge in [-0.2, -0.15) is 0 Å². The smallest absolute Gasteiger partial charge is 0.138 e. The largest absolute Gasteiger partial charge is 0.489 e. The maximum atomic E-state index is 13.3. The summed E-state index contributed by atoms with van der Waals surface area (Å²) < 4.78 is 19.2. The van der Waals surface area contributed by atoms with E-state index in [1.807, 2.05) is 19.9 Å². The summed E-state index contributed by atoms with van der Waals surface area (Å²) in [7, 11) is 0. The van der Waals surface area contributed by atoms with Crippen LogP contribution in [0.2, 0.25) is 0 Å². The number of rotatable bonds is 4. The molecular weight excluding hydrogens is 323 g/mol. The molecule has 1 unspecified atom stereocenters. The first-order chi connectivity index (χ1) is 9.47. The second kappa shape index (κ2) is 6.33. The molecule has 1 aromatic heterocycles. The Morgan fingerprint density at radius 1 is 1.20 bits per heavy atom. The van der Waals surface area contributed by atoms with Gasteiger partial charge in [0.2, 0.25) is 0 Å². The standard InChI is InChI=1S/C15H16BrFN2O/c1-9(2)20-12-5-11(7-19-8-12)15(18)10-3-4-14(17)13(16)6-10/h3-9,15H,18H2,1-2H3. The average molecular weight is 339 g/mol. The lowest BCUT2D eigenvalue weighted by atomic mass is 10.0. The van der Waals surface area contributed by atoms with E-state index < -0.39 is 0 Å². The van der Waals surface area contributed by atoms with E-state index in [0.717, 1.165) is 11.1 Å². The molecule has 5 heteroatoms. The summed E-state index contributed by atoms with van der Waals surface area (Å²) >= 11 is 3.16. The van der Waals surface area contributed by atoms with Crippen molar-refractivity contribution >= 4 is 15.9 Å². The molecule has 0 fully saturated rings. The van der Waals surface area contributed by atoms with Crippen molar-refractivity contribution in [2.45, 2.75) is 26.0 Å². The molecular formula is C15H16BrFN2O. The van der Waals surface area contributed by atoms with Gasteiger partial charge in [0.1, 0.15) is 11.6 Å². The van der Waals surface area contributed by atoms with Gasteiger partial charge in [-0.1, -0.05) is 6.07 Å². The molecule has 2 N–H and O–H groups in total. The zero-order valence-corrected chi connectivity index (χ0v) is 12.9. The van der Waals surface area contributed by atoms with Crippen LogP contribution in [0.15, 0.2) is 41.1 Å². The zero-order valence-electron chi connectivity index (χ0n) is 11.3. The molecule has 0 radical (unpaired) electrons. The van der Waals surface area contributed by atoms with Crippen LogP contribution in [0, 0.1) is 5.82 Å². The Bertz CT molecular complexity index is 604. The summed E-state index contributed by atoms with van der Waals surface area (Å²) in [5.74, 6) is 0.366. The Morgan fingerprint density at radius 2 is 1.95 bits per heavy atom. The third-order valence-electron chi connectivity index (χ3n) is 2.77. The summed E-state index contributed by atoms with van der Waals surface area (Å²) in [5.41, 5.74) is 7.82. The summed E-state index contributed by atoms with van der Waals surface area (Å²) in [6.07, 6.45) is 3.41. The van der Waals surface area contributed by atoms with E-state index in [4.69, 9.17) is 10.5 Å². The third-order valence-corrected chi connectivity index (χ3v) is 3.38. The highest BCUT2D eigenvalue weighted by atomic mass is 79.9. The van der Waals surface area contributed by atoms with Gasteiger partial charge in [0.05, 0.1) is 22.8 Å². The quantitative estimate of drug-likeness (QED) is 0.921. The predicted octanol–water partition coefficient (Wildman–Crippen LogP) is 3.82. The molecule has 0 aliphatic heterocycles. The molecule has 1 aromatic carbocycles. The fourth-order valence-corrected chi connectivity index (χ4v) is 2.24. The van der Waals surface area contributed by atoms with Crippen LogP contribution in [0.5, 0.6) is 5.75 Å². The van der Waals surface area contributed by atoms with Gasteiger partial charge in [0.15, 0.2) is 0 Å². The van der Waals surface area contributed by atoms with E-state index in [1.165, 1.54) is 6.07 Å². The molecule has 0 saturated carbocycles. The van der Waals surface area contributed by atoms with Crippen LogP contribution in [0.3, 0.4) is 0 Å². The Kier molecular flexibility index (Phi) is 4.73. The Labute approximate surface area is 126 Å². The lowest BCUT2D eigenvalue weighted by Crippen LogP contribution is -2.13. The molecule has 0 spiro atoms. The topological polar surface area (TPSA) is 48.1 Å². The number of hydrogen-bond acceptors (Lipinski definition) is 3. The summed E-state index contributed by atoms with van der Waals surface area (Å²) in [6.45, 7) is 3.90. The van der Waals surface area contributed by atoms with E-state index in [1.54, 1.807) is 24.5 Å². The van der Waals surface area contributed by atoms with Crippen molar-refractivity contribution in [2.24, 2.45) is 5.73 Å². The number of hydrogen-bond donors (Lipinski definition) is 1. The van der Waals surface area contributed by atoms with Gasteiger partial charge < -0.3 is 10.5 Å². The van der Waals surface area contributed by atoms with E-state index in [2.05, 4.69) is 20.9 Å². The first-order valence-electron chi connectivity index (χ1n) is 6.29. The minimum Gasteiger partial charge on any atom is -0.489 e. The molecule has 0 aliphatic rings. The Balaban J connectivity index is 2.28. The van der Waals surface area contributed by atoms with Gasteiger partial charge >= 0.3 is 0 Å². The van der Waals surface area contributed by atoms with Gasteiger partial charge in [-0.05, 0) is 59.1 Å². The molecule has 3 nitrogen and oxygen atoms in total. The van der Waals surface area contributed by atoms with Crippen LogP contribution in [0.4, 0.5) is 4.39 Å². The number of halogens is 2. The van der Waals surface area contributed by atoms with E-state index in [9.17, 15) is 4.39 Å². The second-order valence-electron chi connectivity index (χ2n) is 4.77. The minimum atomic E-state index is -0.380. The van der Waals surface area contributed by atoms with Crippen LogP contribution in [-0.4, -0.2) is 11.1 Å². The van der Waals surface area contributed by atoms with Crippen LogP contribution >= 0.6 is 15.9 Å². The number of nitrogens with zero attached hydrogens (tertiary/aromatic N) is 1. The SMILES string of the molecule is CC(C)Oc1cncc(C(N)c2ccc(F)c(Br)c2)c1. The Hall–Kier alpha value is -1.46. The molecule has 0 saturated heterocycles. The van der Waals surface area contributed by atoms with Crippen molar-refractivity contribution < 1.29 is 9.13 Å². The lowest BCUT2D eigenvalue weighted by molar-refractivity contribution is 0.241. The first-order valence-corrected chi connectivity index (χ1v) is 7.09. The molecule has 1 atom stereocenters. The first kappa shape index (κ1) is 14.9. The molecule has 2 rings (SSSR count). The van der Waals surface area contributed by atoms with Crippen LogP contribution in [0.25, 0.3) is 0 Å². The maximum absolute atomic E-state index is 13.3. The zero-order chi connectivity index (χ0) is 14.7. The maximum Gasteiger partial charge on any atom is 0.138 e. The van der Waals surface area contributed by atoms with Crippen LogP contribution < -0.4 is 10.5 Å². The summed E-state index contributed by atoms with van der Waals surface area (Å²) in [6, 6.07) is 6.21. The van der Waals surface area contributed by atoms with Crippen molar-refractivity contribution in [1.29, 1.82) is 0 Å². The average Bonchev–Trinajstić information content (AvgIpc) is 2.40. The molecule has 0 aliphatic carbocycles. The lowest BCUT2D eigenvalue weighted by Gasteiger charge is -2.15.